The standard InChI is InChI=1S/C17H28F6O2.C17H26F6O2/c2*1-13(2)7-5-8-14(3)9-6-10-15(4,24-11-16(18,19)20)25-12-17(21,22)23/h9,13H,5-8,10-12H2,1-4H3;7,9H,5-6,8,10-12H2,1-4H3/b2*14-9+. The zero-order chi connectivity index (χ0) is 39.5. The summed E-state index contributed by atoms with van der Waals surface area (Å²) in [5.41, 5.74) is 3.24. The Labute approximate surface area is 288 Å². The Morgan fingerprint density at radius 2 is 0.820 bits per heavy atom. The summed E-state index contributed by atoms with van der Waals surface area (Å²) in [6.45, 7) is 7.49. The quantitative estimate of drug-likeness (QED) is 0.0664. The van der Waals surface area contributed by atoms with Gasteiger partial charge in [-0.2, -0.15) is 52.7 Å². The Bertz CT molecular complexity index is 968. The normalized spacial score (nSPS) is 14.2. The molecular formula is C34H54F12O4. The maximum atomic E-state index is 12.3. The molecule has 16 heteroatoms. The maximum Gasteiger partial charge on any atom is 0.411 e. The number of ether oxygens (including phenoxy) is 4. The Hall–Kier alpha value is -1.78. The first-order valence-electron chi connectivity index (χ1n) is 16.2. The predicted molar refractivity (Wildman–Crippen MR) is 168 cm³/mol. The second kappa shape index (κ2) is 23.0. The number of alkyl halides is 12. The molecule has 4 nitrogen and oxygen atoms in total. The molecule has 0 heterocycles. The van der Waals surface area contributed by atoms with Crippen LogP contribution in [0.4, 0.5) is 52.7 Å². The zero-order valence-electron chi connectivity index (χ0n) is 30.2. The molecule has 0 aromatic carbocycles. The van der Waals surface area contributed by atoms with E-state index in [1.54, 1.807) is 6.08 Å². The predicted octanol–water partition coefficient (Wildman–Crippen LogP) is 12.7. The molecule has 0 radical (unpaired) electrons. The van der Waals surface area contributed by atoms with E-state index < -0.39 is 62.7 Å². The van der Waals surface area contributed by atoms with Crippen molar-refractivity contribution in [3.05, 3.63) is 34.9 Å². The van der Waals surface area contributed by atoms with Crippen LogP contribution in [0.3, 0.4) is 0 Å². The first-order chi connectivity index (χ1) is 22.4. The van der Waals surface area contributed by atoms with Gasteiger partial charge in [-0.25, -0.2) is 0 Å². The molecule has 50 heavy (non-hydrogen) atoms. The van der Waals surface area contributed by atoms with Crippen LogP contribution in [-0.2, 0) is 18.9 Å². The minimum atomic E-state index is -4.64. The zero-order valence-corrected chi connectivity index (χ0v) is 30.2. The summed E-state index contributed by atoms with van der Waals surface area (Å²) in [6, 6.07) is 0. The maximum absolute atomic E-state index is 12.3. The number of halogens is 12. The van der Waals surface area contributed by atoms with Crippen LogP contribution in [0.15, 0.2) is 34.9 Å². The largest absolute Gasteiger partial charge is 0.411 e. The molecule has 0 bridgehead atoms. The monoisotopic (exact) mass is 754 g/mol. The first-order valence-corrected chi connectivity index (χ1v) is 16.2. The first kappa shape index (κ1) is 50.3. The summed E-state index contributed by atoms with van der Waals surface area (Å²) in [6.07, 6.45) is -8.06. The molecule has 0 aromatic heterocycles. The van der Waals surface area contributed by atoms with E-state index in [-0.39, 0.29) is 25.7 Å². The van der Waals surface area contributed by atoms with Crippen molar-refractivity contribution in [2.24, 2.45) is 5.92 Å². The fourth-order valence-electron chi connectivity index (χ4n) is 4.05. The van der Waals surface area contributed by atoms with E-state index in [2.05, 4.69) is 38.9 Å². The van der Waals surface area contributed by atoms with Gasteiger partial charge in [0.25, 0.3) is 0 Å². The highest BCUT2D eigenvalue weighted by molar-refractivity contribution is 5.02. The van der Waals surface area contributed by atoms with Crippen molar-refractivity contribution >= 4 is 0 Å². The van der Waals surface area contributed by atoms with Crippen molar-refractivity contribution < 1.29 is 71.6 Å². The van der Waals surface area contributed by atoms with Crippen LogP contribution in [0.1, 0.15) is 113 Å². The van der Waals surface area contributed by atoms with Gasteiger partial charge >= 0.3 is 24.7 Å². The molecule has 0 aliphatic heterocycles. The third-order valence-electron chi connectivity index (χ3n) is 6.79. The second-order valence-corrected chi connectivity index (χ2v) is 13.2. The minimum Gasteiger partial charge on any atom is -0.341 e. The lowest BCUT2D eigenvalue weighted by atomic mass is 10.0. The molecule has 0 aliphatic carbocycles. The fourth-order valence-corrected chi connectivity index (χ4v) is 4.05. The Balaban J connectivity index is 0. The highest BCUT2D eigenvalue weighted by Crippen LogP contribution is 2.29. The number of allylic oxidation sites excluding steroid dienone is 6. The van der Waals surface area contributed by atoms with Crippen molar-refractivity contribution in [2.75, 3.05) is 26.4 Å². The topological polar surface area (TPSA) is 36.9 Å². The average molecular weight is 755 g/mol. The van der Waals surface area contributed by atoms with Crippen molar-refractivity contribution in [1.82, 2.24) is 0 Å². The van der Waals surface area contributed by atoms with E-state index in [1.165, 1.54) is 5.57 Å². The van der Waals surface area contributed by atoms with E-state index >= 15 is 0 Å². The van der Waals surface area contributed by atoms with Crippen LogP contribution in [0, 0.1) is 5.92 Å². The molecule has 0 atom stereocenters. The summed E-state index contributed by atoms with van der Waals surface area (Å²) in [5, 5.41) is 0. The molecule has 298 valence electrons. The SMILES string of the molecule is C/C(=C\CCC(C)(OCC(F)(F)F)OCC(F)(F)F)CCCC(C)C.CC(C)=CCC/C(C)=C/CCC(C)(OCC(F)(F)F)OCC(F)(F)F. The molecule has 0 amide bonds. The smallest absolute Gasteiger partial charge is 0.341 e. The van der Waals surface area contributed by atoms with E-state index in [0.29, 0.717) is 5.92 Å². The third kappa shape index (κ3) is 34.7. The summed E-state index contributed by atoms with van der Waals surface area (Å²) in [4.78, 5) is 0. The number of hydrogen-bond donors (Lipinski definition) is 0. The molecular weight excluding hydrogens is 700 g/mol. The molecule has 0 unspecified atom stereocenters. The second-order valence-electron chi connectivity index (χ2n) is 13.2. The van der Waals surface area contributed by atoms with Gasteiger partial charge in [0.15, 0.2) is 11.6 Å². The van der Waals surface area contributed by atoms with Crippen molar-refractivity contribution in [1.29, 1.82) is 0 Å². The van der Waals surface area contributed by atoms with E-state index in [9.17, 15) is 52.7 Å². The van der Waals surface area contributed by atoms with Crippen molar-refractivity contribution in [3.63, 3.8) is 0 Å². The van der Waals surface area contributed by atoms with Crippen LogP contribution in [0.2, 0.25) is 0 Å². The van der Waals surface area contributed by atoms with Crippen molar-refractivity contribution in [2.45, 2.75) is 149 Å². The molecule has 0 aliphatic rings. The van der Waals surface area contributed by atoms with Gasteiger partial charge in [0.05, 0.1) is 0 Å². The lowest BCUT2D eigenvalue weighted by Gasteiger charge is -2.30. The van der Waals surface area contributed by atoms with Gasteiger partial charge < -0.3 is 18.9 Å². The lowest BCUT2D eigenvalue weighted by Crippen LogP contribution is -2.39. The highest BCUT2D eigenvalue weighted by atomic mass is 19.4. The molecule has 0 spiro atoms. The number of hydrogen-bond acceptors (Lipinski definition) is 4. The van der Waals surface area contributed by atoms with Gasteiger partial charge in [-0.3, -0.25) is 0 Å². The average Bonchev–Trinajstić information content (AvgIpc) is 2.92. The van der Waals surface area contributed by atoms with Crippen LogP contribution >= 0.6 is 0 Å². The van der Waals surface area contributed by atoms with E-state index in [1.807, 2.05) is 33.8 Å². The van der Waals surface area contributed by atoms with Crippen LogP contribution in [0.5, 0.6) is 0 Å². The third-order valence-corrected chi connectivity index (χ3v) is 6.79. The van der Waals surface area contributed by atoms with Gasteiger partial charge in [0, 0.05) is 12.8 Å². The van der Waals surface area contributed by atoms with Gasteiger partial charge in [0.2, 0.25) is 0 Å². The molecule has 0 rings (SSSR count). The fraction of sp³-hybridized carbons (Fsp3) is 0.824. The molecule has 0 saturated heterocycles. The molecule has 0 N–H and O–H groups in total. The van der Waals surface area contributed by atoms with Crippen LogP contribution in [0.25, 0.3) is 0 Å². The number of rotatable bonds is 21. The van der Waals surface area contributed by atoms with Crippen LogP contribution in [-0.4, -0.2) is 62.7 Å². The van der Waals surface area contributed by atoms with Crippen LogP contribution < -0.4 is 0 Å². The van der Waals surface area contributed by atoms with Gasteiger partial charge in [-0.15, -0.1) is 0 Å². The van der Waals surface area contributed by atoms with E-state index in [0.717, 1.165) is 57.1 Å². The van der Waals surface area contributed by atoms with Crippen molar-refractivity contribution in [3.8, 4) is 0 Å². The Kier molecular flexibility index (Phi) is 23.2. The van der Waals surface area contributed by atoms with Gasteiger partial charge in [-0.1, -0.05) is 55.2 Å². The summed E-state index contributed by atoms with van der Waals surface area (Å²) < 4.78 is 166. The summed E-state index contributed by atoms with van der Waals surface area (Å²) in [5.74, 6) is -3.32. The highest BCUT2D eigenvalue weighted by Gasteiger charge is 2.39. The molecule has 0 aromatic rings. The summed E-state index contributed by atoms with van der Waals surface area (Å²) >= 11 is 0. The lowest BCUT2D eigenvalue weighted by molar-refractivity contribution is -0.305. The van der Waals surface area contributed by atoms with Gasteiger partial charge in [0.1, 0.15) is 26.4 Å². The molecule has 0 saturated carbocycles. The summed E-state index contributed by atoms with van der Waals surface area (Å²) in [7, 11) is 0. The minimum absolute atomic E-state index is 0.0965. The molecule has 0 fully saturated rings. The Morgan fingerprint density at radius 3 is 1.10 bits per heavy atom. The van der Waals surface area contributed by atoms with E-state index in [4.69, 9.17) is 0 Å². The van der Waals surface area contributed by atoms with Gasteiger partial charge in [-0.05, 0) is 86.0 Å². The Morgan fingerprint density at radius 1 is 0.500 bits per heavy atom.